The molecule has 104 valence electrons. The Morgan fingerprint density at radius 1 is 1.15 bits per heavy atom. The number of pyridine rings is 1. The predicted molar refractivity (Wildman–Crippen MR) is 81.7 cm³/mol. The number of rotatable bonds is 5. The highest BCUT2D eigenvalue weighted by atomic mass is 16.1. The van der Waals surface area contributed by atoms with E-state index in [0.717, 1.165) is 24.2 Å². The number of amides is 1. The maximum atomic E-state index is 11.9. The molecule has 1 heterocycles. The number of nitrogens with zero attached hydrogens (tertiary/aromatic N) is 1. The van der Waals surface area contributed by atoms with E-state index in [9.17, 15) is 4.79 Å². The molecule has 20 heavy (non-hydrogen) atoms. The van der Waals surface area contributed by atoms with Gasteiger partial charge in [-0.25, -0.2) is 0 Å². The molecular formula is C17H20N2O. The van der Waals surface area contributed by atoms with Crippen LogP contribution in [0.5, 0.6) is 0 Å². The van der Waals surface area contributed by atoms with Crippen LogP contribution in [0.4, 0.5) is 5.69 Å². The van der Waals surface area contributed by atoms with Crippen molar-refractivity contribution in [2.75, 3.05) is 5.32 Å². The quantitative estimate of drug-likeness (QED) is 0.901. The number of aryl methyl sites for hydroxylation is 3. The molecule has 0 unspecified atom stereocenters. The summed E-state index contributed by atoms with van der Waals surface area (Å²) in [6, 6.07) is 12.1. The smallest absolute Gasteiger partial charge is 0.224 e. The minimum absolute atomic E-state index is 0.0372. The van der Waals surface area contributed by atoms with Crippen LogP contribution >= 0.6 is 0 Å². The first-order chi connectivity index (χ1) is 9.67. The summed E-state index contributed by atoms with van der Waals surface area (Å²) in [4.78, 5) is 16.0. The van der Waals surface area contributed by atoms with Crippen molar-refractivity contribution in [1.29, 1.82) is 0 Å². The summed E-state index contributed by atoms with van der Waals surface area (Å²) in [5.41, 5.74) is 4.23. The molecule has 1 N–H and O–H groups in total. The number of benzene rings is 1. The summed E-state index contributed by atoms with van der Waals surface area (Å²) in [5.74, 6) is 0.0372. The predicted octanol–water partition coefficient (Wildman–Crippen LogP) is 3.52. The Bertz CT molecular complexity index is 576. The Morgan fingerprint density at radius 3 is 2.50 bits per heavy atom. The maximum absolute atomic E-state index is 11.9. The van der Waals surface area contributed by atoms with Crippen LogP contribution in [0.15, 0.2) is 42.6 Å². The molecule has 2 rings (SSSR count). The van der Waals surface area contributed by atoms with E-state index in [2.05, 4.69) is 41.5 Å². The molecule has 0 atom stereocenters. The summed E-state index contributed by atoms with van der Waals surface area (Å²) in [5, 5.41) is 2.90. The van der Waals surface area contributed by atoms with Crippen molar-refractivity contribution in [3.8, 4) is 0 Å². The van der Waals surface area contributed by atoms with Crippen LogP contribution in [-0.4, -0.2) is 10.9 Å². The van der Waals surface area contributed by atoms with E-state index < -0.39 is 0 Å². The van der Waals surface area contributed by atoms with Gasteiger partial charge in [-0.15, -0.1) is 0 Å². The molecule has 0 radical (unpaired) electrons. The lowest BCUT2D eigenvalue weighted by atomic mass is 10.1. The Balaban J connectivity index is 1.85. The van der Waals surface area contributed by atoms with Crippen molar-refractivity contribution in [2.45, 2.75) is 33.1 Å². The van der Waals surface area contributed by atoms with Gasteiger partial charge < -0.3 is 5.32 Å². The third-order valence-electron chi connectivity index (χ3n) is 3.25. The molecule has 0 aliphatic carbocycles. The van der Waals surface area contributed by atoms with Crippen LogP contribution in [0.2, 0.25) is 0 Å². The highest BCUT2D eigenvalue weighted by molar-refractivity contribution is 5.90. The minimum atomic E-state index is 0.0372. The fraction of sp³-hybridized carbons (Fsp3) is 0.294. The normalized spacial score (nSPS) is 10.3. The van der Waals surface area contributed by atoms with Crippen LogP contribution in [0, 0.1) is 6.92 Å². The average molecular weight is 268 g/mol. The van der Waals surface area contributed by atoms with E-state index in [1.807, 2.05) is 13.0 Å². The van der Waals surface area contributed by atoms with Crippen molar-refractivity contribution >= 4 is 11.6 Å². The average Bonchev–Trinajstić information content (AvgIpc) is 2.46. The van der Waals surface area contributed by atoms with Crippen molar-refractivity contribution in [1.82, 2.24) is 4.98 Å². The first-order valence-corrected chi connectivity index (χ1v) is 6.97. The molecule has 0 bridgehead atoms. The van der Waals surface area contributed by atoms with E-state index in [1.165, 1.54) is 11.1 Å². The van der Waals surface area contributed by atoms with Gasteiger partial charge in [-0.3, -0.25) is 9.78 Å². The largest absolute Gasteiger partial charge is 0.326 e. The highest BCUT2D eigenvalue weighted by Crippen LogP contribution is 2.10. The molecule has 1 aromatic carbocycles. The Kier molecular flexibility index (Phi) is 4.88. The lowest BCUT2D eigenvalue weighted by Gasteiger charge is -2.06. The Labute approximate surface area is 120 Å². The molecule has 0 saturated carbocycles. The van der Waals surface area contributed by atoms with Crippen molar-refractivity contribution in [3.63, 3.8) is 0 Å². The van der Waals surface area contributed by atoms with Crippen LogP contribution in [0.1, 0.15) is 30.2 Å². The van der Waals surface area contributed by atoms with Gasteiger partial charge in [0.15, 0.2) is 0 Å². The van der Waals surface area contributed by atoms with Crippen molar-refractivity contribution in [3.05, 3.63) is 59.4 Å². The molecule has 2 aromatic rings. The van der Waals surface area contributed by atoms with Crippen molar-refractivity contribution in [2.24, 2.45) is 0 Å². The van der Waals surface area contributed by atoms with Gasteiger partial charge in [-0.2, -0.15) is 0 Å². The molecule has 0 saturated heterocycles. The molecular weight excluding hydrogens is 248 g/mol. The molecule has 3 heteroatoms. The lowest BCUT2D eigenvalue weighted by Crippen LogP contribution is -2.12. The first kappa shape index (κ1) is 14.3. The zero-order valence-corrected chi connectivity index (χ0v) is 12.0. The minimum Gasteiger partial charge on any atom is -0.326 e. The third-order valence-corrected chi connectivity index (χ3v) is 3.25. The van der Waals surface area contributed by atoms with Gasteiger partial charge in [0, 0.05) is 24.0 Å². The summed E-state index contributed by atoms with van der Waals surface area (Å²) >= 11 is 0. The van der Waals surface area contributed by atoms with Gasteiger partial charge in [0.1, 0.15) is 0 Å². The number of aromatic nitrogens is 1. The molecule has 1 aromatic heterocycles. The van der Waals surface area contributed by atoms with Gasteiger partial charge in [0.25, 0.3) is 0 Å². The zero-order valence-electron chi connectivity index (χ0n) is 12.0. The highest BCUT2D eigenvalue weighted by Gasteiger charge is 2.03. The molecule has 3 nitrogen and oxygen atoms in total. The van der Waals surface area contributed by atoms with Gasteiger partial charge in [-0.1, -0.05) is 31.2 Å². The van der Waals surface area contributed by atoms with E-state index in [4.69, 9.17) is 0 Å². The van der Waals surface area contributed by atoms with Crippen LogP contribution in [0.25, 0.3) is 0 Å². The lowest BCUT2D eigenvalue weighted by molar-refractivity contribution is -0.116. The van der Waals surface area contributed by atoms with Crippen LogP contribution in [-0.2, 0) is 17.6 Å². The van der Waals surface area contributed by atoms with Gasteiger partial charge in [-0.05, 0) is 43.0 Å². The second kappa shape index (κ2) is 6.85. The van der Waals surface area contributed by atoms with Crippen LogP contribution < -0.4 is 5.32 Å². The monoisotopic (exact) mass is 268 g/mol. The standard InChI is InChI=1S/C17H20N2O/c1-3-14-4-6-15(7-5-14)8-9-17(20)19-16-10-11-18-13(2)12-16/h4-7,10-12H,3,8-9H2,1-2H3,(H,18,19,20). The Morgan fingerprint density at radius 2 is 1.85 bits per heavy atom. The summed E-state index contributed by atoms with van der Waals surface area (Å²) in [6.07, 6.45) is 4.00. The molecule has 0 spiro atoms. The van der Waals surface area contributed by atoms with Gasteiger partial charge in [0.05, 0.1) is 0 Å². The summed E-state index contributed by atoms with van der Waals surface area (Å²) in [7, 11) is 0. The topological polar surface area (TPSA) is 42.0 Å². The van der Waals surface area contributed by atoms with E-state index in [-0.39, 0.29) is 5.91 Å². The number of carbonyl (C=O) groups excluding carboxylic acids is 1. The molecule has 0 aliphatic heterocycles. The molecule has 0 aliphatic rings. The fourth-order valence-corrected chi connectivity index (χ4v) is 2.05. The van der Waals surface area contributed by atoms with E-state index in [1.54, 1.807) is 12.3 Å². The second-order valence-electron chi connectivity index (χ2n) is 4.90. The molecule has 1 amide bonds. The zero-order chi connectivity index (χ0) is 14.4. The van der Waals surface area contributed by atoms with E-state index in [0.29, 0.717) is 6.42 Å². The summed E-state index contributed by atoms with van der Waals surface area (Å²) in [6.45, 7) is 4.05. The number of nitrogens with one attached hydrogen (secondary N) is 1. The van der Waals surface area contributed by atoms with Gasteiger partial charge in [0.2, 0.25) is 5.91 Å². The fourth-order valence-electron chi connectivity index (χ4n) is 2.05. The third kappa shape index (κ3) is 4.19. The number of anilines is 1. The Hall–Kier alpha value is -2.16. The van der Waals surface area contributed by atoms with Crippen molar-refractivity contribution < 1.29 is 4.79 Å². The number of carbonyl (C=O) groups is 1. The summed E-state index contributed by atoms with van der Waals surface area (Å²) < 4.78 is 0. The number of hydrogen-bond acceptors (Lipinski definition) is 2. The van der Waals surface area contributed by atoms with Crippen LogP contribution in [0.3, 0.4) is 0 Å². The second-order valence-corrected chi connectivity index (χ2v) is 4.90. The van der Waals surface area contributed by atoms with E-state index >= 15 is 0 Å². The number of hydrogen-bond donors (Lipinski definition) is 1. The van der Waals surface area contributed by atoms with Gasteiger partial charge >= 0.3 is 0 Å². The SMILES string of the molecule is CCc1ccc(CCC(=O)Nc2ccnc(C)c2)cc1. The first-order valence-electron chi connectivity index (χ1n) is 6.97. The molecule has 0 fully saturated rings. The maximum Gasteiger partial charge on any atom is 0.224 e.